The van der Waals surface area contributed by atoms with Crippen molar-refractivity contribution in [3.8, 4) is 5.69 Å². The Morgan fingerprint density at radius 2 is 2.11 bits per heavy atom. The van der Waals surface area contributed by atoms with Crippen LogP contribution < -0.4 is 0 Å². The Morgan fingerprint density at radius 3 is 2.61 bits per heavy atom. The molecule has 94 valence electrons. The molecule has 1 N–H and O–H groups in total. The van der Waals surface area contributed by atoms with Gasteiger partial charge in [0.2, 0.25) is 0 Å². The molecule has 0 aliphatic rings. The number of aryl methyl sites for hydroxylation is 1. The van der Waals surface area contributed by atoms with Crippen LogP contribution in [0.3, 0.4) is 0 Å². The molecule has 0 bridgehead atoms. The van der Waals surface area contributed by atoms with E-state index in [0.29, 0.717) is 6.07 Å². The molecular formula is C11H7ClF2N2O2. The molecule has 0 unspecified atom stereocenters. The van der Waals surface area contributed by atoms with Gasteiger partial charge in [-0.05, 0) is 19.1 Å². The number of carboxylic acid groups (broad SMARTS) is 1. The predicted octanol–water partition coefficient (Wildman–Crippen LogP) is 2.81. The number of aromatic carboxylic acids is 1. The highest BCUT2D eigenvalue weighted by atomic mass is 35.5. The molecule has 0 aliphatic heterocycles. The van der Waals surface area contributed by atoms with E-state index >= 15 is 0 Å². The van der Waals surface area contributed by atoms with Crippen molar-refractivity contribution in [3.63, 3.8) is 0 Å². The van der Waals surface area contributed by atoms with Gasteiger partial charge in [-0.25, -0.2) is 18.3 Å². The van der Waals surface area contributed by atoms with Gasteiger partial charge in [-0.1, -0.05) is 11.6 Å². The van der Waals surface area contributed by atoms with Crippen LogP contribution in [0.5, 0.6) is 0 Å². The zero-order chi connectivity index (χ0) is 13.4. The molecule has 0 saturated heterocycles. The summed E-state index contributed by atoms with van der Waals surface area (Å²) in [6, 6.07) is 2.84. The third-order valence-corrected chi connectivity index (χ3v) is 2.70. The van der Waals surface area contributed by atoms with E-state index in [1.165, 1.54) is 6.92 Å². The van der Waals surface area contributed by atoms with Crippen molar-refractivity contribution in [2.75, 3.05) is 0 Å². The fraction of sp³-hybridized carbons (Fsp3) is 0.0909. The average Bonchev–Trinajstić information content (AvgIpc) is 2.54. The van der Waals surface area contributed by atoms with Crippen molar-refractivity contribution in [2.45, 2.75) is 6.92 Å². The SMILES string of the molecule is Cc1nn(-c2ccc(F)cc2F)c(Cl)c1C(=O)O. The van der Waals surface area contributed by atoms with Crippen LogP contribution in [0.1, 0.15) is 16.1 Å². The Kier molecular flexibility index (Phi) is 3.04. The van der Waals surface area contributed by atoms with Gasteiger partial charge in [0, 0.05) is 6.07 Å². The van der Waals surface area contributed by atoms with Crippen molar-refractivity contribution in [3.05, 3.63) is 46.2 Å². The van der Waals surface area contributed by atoms with Gasteiger partial charge in [0.15, 0.2) is 5.82 Å². The van der Waals surface area contributed by atoms with Gasteiger partial charge < -0.3 is 5.11 Å². The summed E-state index contributed by atoms with van der Waals surface area (Å²) in [7, 11) is 0. The number of carbonyl (C=O) groups is 1. The number of hydrogen-bond acceptors (Lipinski definition) is 2. The molecule has 0 amide bonds. The first kappa shape index (κ1) is 12.5. The van der Waals surface area contributed by atoms with Gasteiger partial charge in [0.1, 0.15) is 22.2 Å². The largest absolute Gasteiger partial charge is 0.478 e. The zero-order valence-electron chi connectivity index (χ0n) is 9.12. The minimum absolute atomic E-state index is 0.114. The van der Waals surface area contributed by atoms with Gasteiger partial charge in [-0.2, -0.15) is 5.10 Å². The highest BCUT2D eigenvalue weighted by Crippen LogP contribution is 2.25. The number of benzene rings is 1. The Hall–Kier alpha value is -1.95. The minimum Gasteiger partial charge on any atom is -0.478 e. The maximum absolute atomic E-state index is 13.6. The van der Waals surface area contributed by atoms with Crippen molar-refractivity contribution in [1.29, 1.82) is 0 Å². The van der Waals surface area contributed by atoms with Crippen LogP contribution in [0, 0.1) is 18.6 Å². The third kappa shape index (κ3) is 1.95. The topological polar surface area (TPSA) is 55.1 Å². The summed E-state index contributed by atoms with van der Waals surface area (Å²) < 4.78 is 27.3. The standard InChI is InChI=1S/C11H7ClF2N2O2/c1-5-9(11(17)18)10(12)16(15-5)8-3-2-6(13)4-7(8)14/h2-4H,1H3,(H,17,18). The van der Waals surface area contributed by atoms with Gasteiger partial charge in [-0.15, -0.1) is 0 Å². The molecule has 1 aromatic carbocycles. The van der Waals surface area contributed by atoms with Gasteiger partial charge in [0.05, 0.1) is 5.69 Å². The van der Waals surface area contributed by atoms with E-state index in [2.05, 4.69) is 5.10 Å². The smallest absolute Gasteiger partial charge is 0.340 e. The summed E-state index contributed by atoms with van der Waals surface area (Å²) in [4.78, 5) is 10.9. The molecule has 7 heteroatoms. The van der Waals surface area contributed by atoms with Crippen molar-refractivity contribution >= 4 is 17.6 Å². The lowest BCUT2D eigenvalue weighted by molar-refractivity contribution is 0.0696. The second kappa shape index (κ2) is 4.38. The highest BCUT2D eigenvalue weighted by Gasteiger charge is 2.21. The second-order valence-corrected chi connectivity index (χ2v) is 3.92. The molecule has 1 heterocycles. The maximum Gasteiger partial charge on any atom is 0.340 e. The molecule has 2 rings (SSSR count). The number of hydrogen-bond donors (Lipinski definition) is 1. The molecule has 1 aromatic heterocycles. The van der Waals surface area contributed by atoms with Crippen LogP contribution in [0.15, 0.2) is 18.2 Å². The first-order chi connectivity index (χ1) is 8.41. The molecule has 2 aromatic rings. The Bertz CT molecular complexity index is 640. The van der Waals surface area contributed by atoms with Crippen LogP contribution >= 0.6 is 11.6 Å². The second-order valence-electron chi connectivity index (χ2n) is 3.56. The summed E-state index contributed by atoms with van der Waals surface area (Å²) in [5.74, 6) is -2.88. The first-order valence-electron chi connectivity index (χ1n) is 4.85. The minimum atomic E-state index is -1.26. The Labute approximate surface area is 105 Å². The molecule has 0 spiro atoms. The summed E-state index contributed by atoms with van der Waals surface area (Å²) in [6.07, 6.45) is 0. The summed E-state index contributed by atoms with van der Waals surface area (Å²) in [6.45, 7) is 1.44. The monoisotopic (exact) mass is 272 g/mol. The quantitative estimate of drug-likeness (QED) is 0.914. The number of carboxylic acids is 1. The van der Waals surface area contributed by atoms with Crippen molar-refractivity contribution in [1.82, 2.24) is 9.78 Å². The molecular weight excluding hydrogens is 266 g/mol. The normalized spacial score (nSPS) is 10.7. The molecule has 0 fully saturated rings. The lowest BCUT2D eigenvalue weighted by Gasteiger charge is -2.04. The van der Waals surface area contributed by atoms with Gasteiger partial charge in [0.25, 0.3) is 0 Å². The molecule has 0 atom stereocenters. The van der Waals surface area contributed by atoms with Crippen LogP contribution in [-0.4, -0.2) is 20.9 Å². The molecule has 18 heavy (non-hydrogen) atoms. The van der Waals surface area contributed by atoms with Gasteiger partial charge >= 0.3 is 5.97 Å². The molecule has 0 saturated carbocycles. The van der Waals surface area contributed by atoms with E-state index < -0.39 is 17.6 Å². The third-order valence-electron chi connectivity index (χ3n) is 2.36. The van der Waals surface area contributed by atoms with E-state index in [0.717, 1.165) is 16.8 Å². The van der Waals surface area contributed by atoms with Crippen LogP contribution in [0.25, 0.3) is 5.69 Å². The highest BCUT2D eigenvalue weighted by molar-refractivity contribution is 6.32. The zero-order valence-corrected chi connectivity index (χ0v) is 9.87. The van der Waals surface area contributed by atoms with E-state index in [4.69, 9.17) is 16.7 Å². The number of rotatable bonds is 2. The van der Waals surface area contributed by atoms with Crippen LogP contribution in [-0.2, 0) is 0 Å². The summed E-state index contributed by atoms with van der Waals surface area (Å²) in [5, 5.41) is 12.5. The lowest BCUT2D eigenvalue weighted by atomic mass is 10.2. The molecule has 4 nitrogen and oxygen atoms in total. The van der Waals surface area contributed by atoms with Crippen molar-refractivity contribution < 1.29 is 18.7 Å². The Balaban J connectivity index is 2.65. The summed E-state index contributed by atoms with van der Waals surface area (Å²) in [5.41, 5.74) is -0.173. The predicted molar refractivity (Wildman–Crippen MR) is 60.2 cm³/mol. The van der Waals surface area contributed by atoms with E-state index in [1.807, 2.05) is 0 Å². The van der Waals surface area contributed by atoms with Crippen molar-refractivity contribution in [2.24, 2.45) is 0 Å². The lowest BCUT2D eigenvalue weighted by Crippen LogP contribution is -2.01. The van der Waals surface area contributed by atoms with Crippen LogP contribution in [0.4, 0.5) is 8.78 Å². The number of nitrogens with zero attached hydrogens (tertiary/aromatic N) is 2. The fourth-order valence-electron chi connectivity index (χ4n) is 1.55. The summed E-state index contributed by atoms with van der Waals surface area (Å²) >= 11 is 5.83. The fourth-order valence-corrected chi connectivity index (χ4v) is 1.90. The van der Waals surface area contributed by atoms with Gasteiger partial charge in [-0.3, -0.25) is 0 Å². The van der Waals surface area contributed by atoms with E-state index in [1.54, 1.807) is 0 Å². The maximum atomic E-state index is 13.6. The molecule has 0 radical (unpaired) electrons. The van der Waals surface area contributed by atoms with Crippen LogP contribution in [0.2, 0.25) is 5.15 Å². The number of halogens is 3. The average molecular weight is 273 g/mol. The number of aromatic nitrogens is 2. The van der Waals surface area contributed by atoms with E-state index in [-0.39, 0.29) is 22.1 Å². The first-order valence-corrected chi connectivity index (χ1v) is 5.23. The Morgan fingerprint density at radius 1 is 1.44 bits per heavy atom. The molecule has 0 aliphatic carbocycles. The van der Waals surface area contributed by atoms with E-state index in [9.17, 15) is 13.6 Å².